The molecule has 0 N–H and O–H groups in total. The van der Waals surface area contributed by atoms with Crippen molar-refractivity contribution < 1.29 is 8.42 Å². The zero-order valence-corrected chi connectivity index (χ0v) is 14.5. The van der Waals surface area contributed by atoms with Crippen molar-refractivity contribution in [1.82, 2.24) is 19.1 Å². The molecule has 1 aliphatic heterocycles. The van der Waals surface area contributed by atoms with Crippen molar-refractivity contribution in [3.63, 3.8) is 0 Å². The van der Waals surface area contributed by atoms with Crippen LogP contribution in [0.25, 0.3) is 11.4 Å². The third-order valence-corrected chi connectivity index (χ3v) is 5.51. The number of hydrogen-bond donors (Lipinski definition) is 0. The summed E-state index contributed by atoms with van der Waals surface area (Å²) >= 11 is 0. The molecule has 0 radical (unpaired) electrons. The summed E-state index contributed by atoms with van der Waals surface area (Å²) in [7, 11) is -3.19. The fourth-order valence-electron chi connectivity index (χ4n) is 3.19. The van der Waals surface area contributed by atoms with Gasteiger partial charge in [-0.15, -0.1) is 0 Å². The molecule has 2 aromatic heterocycles. The van der Waals surface area contributed by atoms with Crippen LogP contribution >= 0.6 is 0 Å². The first-order chi connectivity index (χ1) is 10.9. The fraction of sp³-hybridized carbons (Fsp3) is 0.500. The van der Waals surface area contributed by atoms with Gasteiger partial charge in [0.15, 0.2) is 0 Å². The van der Waals surface area contributed by atoms with Gasteiger partial charge in [-0.25, -0.2) is 8.42 Å². The van der Waals surface area contributed by atoms with Crippen LogP contribution in [0, 0.1) is 0 Å². The minimum absolute atomic E-state index is 0.0952. The summed E-state index contributed by atoms with van der Waals surface area (Å²) in [4.78, 5) is 4.45. The number of nitrogens with zero attached hydrogens (tertiary/aromatic N) is 4. The van der Waals surface area contributed by atoms with Crippen molar-refractivity contribution >= 4 is 10.0 Å². The lowest BCUT2D eigenvalue weighted by Crippen LogP contribution is -2.29. The maximum absolute atomic E-state index is 12.0. The smallest absolute Gasteiger partial charge is 0.211 e. The lowest BCUT2D eigenvalue weighted by Gasteiger charge is -2.22. The number of sulfonamides is 1. The molecule has 1 atom stereocenters. The molecule has 0 spiro atoms. The van der Waals surface area contributed by atoms with Gasteiger partial charge in [-0.1, -0.05) is 0 Å². The molecule has 1 unspecified atom stereocenters. The van der Waals surface area contributed by atoms with E-state index in [9.17, 15) is 8.42 Å². The van der Waals surface area contributed by atoms with Crippen LogP contribution in [0.4, 0.5) is 0 Å². The predicted molar refractivity (Wildman–Crippen MR) is 89.4 cm³/mol. The average molecular weight is 334 g/mol. The van der Waals surface area contributed by atoms with Crippen molar-refractivity contribution in [3.8, 4) is 11.4 Å². The topological polar surface area (TPSA) is 68.1 Å². The van der Waals surface area contributed by atoms with Crippen molar-refractivity contribution in [2.45, 2.75) is 38.8 Å². The van der Waals surface area contributed by atoms with Crippen LogP contribution in [-0.2, 0) is 10.0 Å². The molecule has 1 saturated heterocycles. The largest absolute Gasteiger partial charge is 0.261 e. The summed E-state index contributed by atoms with van der Waals surface area (Å²) in [6, 6.07) is 5.99. The summed E-state index contributed by atoms with van der Waals surface area (Å²) in [5.74, 6) is 0. The molecule has 0 amide bonds. The van der Waals surface area contributed by atoms with Gasteiger partial charge in [0.25, 0.3) is 0 Å². The van der Waals surface area contributed by atoms with Crippen molar-refractivity contribution in [2.75, 3.05) is 12.8 Å². The minimum Gasteiger partial charge on any atom is -0.261 e. The van der Waals surface area contributed by atoms with E-state index < -0.39 is 10.0 Å². The highest BCUT2D eigenvalue weighted by atomic mass is 32.2. The second-order valence-corrected chi connectivity index (χ2v) is 8.20. The van der Waals surface area contributed by atoms with E-state index in [0.717, 1.165) is 29.8 Å². The van der Waals surface area contributed by atoms with E-state index in [-0.39, 0.29) is 12.1 Å². The normalized spacial score (nSPS) is 19.6. The average Bonchev–Trinajstić information content (AvgIpc) is 3.16. The van der Waals surface area contributed by atoms with Crippen molar-refractivity contribution in [2.24, 2.45) is 0 Å². The van der Waals surface area contributed by atoms with Gasteiger partial charge in [0, 0.05) is 31.0 Å². The molecule has 3 rings (SSSR count). The van der Waals surface area contributed by atoms with Crippen LogP contribution in [-0.4, -0.2) is 40.3 Å². The standard InChI is InChI=1S/C16H22N4O2S/c1-12(2)20-16(7-9-18-20)14-11-13(6-8-17-14)15-5-4-10-19(15)23(3,21)22/h6-9,11-12,15H,4-5,10H2,1-3H3. The van der Waals surface area contributed by atoms with Crippen LogP contribution in [0.3, 0.4) is 0 Å². The fourth-order valence-corrected chi connectivity index (χ4v) is 4.34. The number of rotatable bonds is 4. The maximum Gasteiger partial charge on any atom is 0.211 e. The molecule has 1 aliphatic rings. The molecule has 0 aliphatic carbocycles. The molecule has 1 fully saturated rings. The molecule has 3 heterocycles. The molecular weight excluding hydrogens is 312 g/mol. The zero-order chi connectivity index (χ0) is 16.6. The van der Waals surface area contributed by atoms with E-state index >= 15 is 0 Å². The lowest BCUT2D eigenvalue weighted by atomic mass is 10.1. The highest BCUT2D eigenvalue weighted by Crippen LogP contribution is 2.35. The predicted octanol–water partition coefficient (Wildman–Crippen LogP) is 2.62. The Balaban J connectivity index is 1.99. The maximum atomic E-state index is 12.0. The second kappa shape index (κ2) is 6.05. The lowest BCUT2D eigenvalue weighted by molar-refractivity contribution is 0.400. The van der Waals surface area contributed by atoms with Gasteiger partial charge >= 0.3 is 0 Å². The van der Waals surface area contributed by atoms with Gasteiger partial charge in [-0.2, -0.15) is 9.40 Å². The van der Waals surface area contributed by atoms with Gasteiger partial charge in [0.05, 0.1) is 17.6 Å². The van der Waals surface area contributed by atoms with Crippen molar-refractivity contribution in [3.05, 3.63) is 36.2 Å². The van der Waals surface area contributed by atoms with E-state index in [1.165, 1.54) is 6.26 Å². The van der Waals surface area contributed by atoms with Crippen LogP contribution < -0.4 is 0 Å². The third kappa shape index (κ3) is 3.16. The summed E-state index contributed by atoms with van der Waals surface area (Å²) in [5.41, 5.74) is 2.77. The minimum atomic E-state index is -3.19. The molecule has 0 saturated carbocycles. The van der Waals surface area contributed by atoms with Gasteiger partial charge in [0.2, 0.25) is 10.0 Å². The van der Waals surface area contributed by atoms with Crippen LogP contribution in [0.5, 0.6) is 0 Å². The van der Waals surface area contributed by atoms with Gasteiger partial charge in [-0.05, 0) is 50.5 Å². The molecular formula is C16H22N4O2S. The van der Waals surface area contributed by atoms with Crippen LogP contribution in [0.2, 0.25) is 0 Å². The van der Waals surface area contributed by atoms with Crippen LogP contribution in [0.15, 0.2) is 30.6 Å². The Hall–Kier alpha value is -1.73. The number of pyridine rings is 1. The first-order valence-corrected chi connectivity index (χ1v) is 9.69. The Labute approximate surface area is 137 Å². The zero-order valence-electron chi connectivity index (χ0n) is 13.7. The molecule has 0 aromatic carbocycles. The summed E-state index contributed by atoms with van der Waals surface area (Å²) in [6.45, 7) is 4.73. The highest BCUT2D eigenvalue weighted by molar-refractivity contribution is 7.88. The highest BCUT2D eigenvalue weighted by Gasteiger charge is 2.32. The molecule has 2 aromatic rings. The third-order valence-electron chi connectivity index (χ3n) is 4.22. The Bertz CT molecular complexity index is 798. The monoisotopic (exact) mass is 334 g/mol. The van der Waals surface area contributed by atoms with E-state index in [1.54, 1.807) is 16.7 Å². The Morgan fingerprint density at radius 1 is 1.26 bits per heavy atom. The Morgan fingerprint density at radius 3 is 2.74 bits per heavy atom. The Kier molecular flexibility index (Phi) is 4.25. The van der Waals surface area contributed by atoms with E-state index in [2.05, 4.69) is 23.9 Å². The first-order valence-electron chi connectivity index (χ1n) is 7.84. The molecule has 0 bridgehead atoms. The van der Waals surface area contributed by atoms with E-state index in [0.29, 0.717) is 6.54 Å². The Morgan fingerprint density at radius 2 is 2.04 bits per heavy atom. The van der Waals surface area contributed by atoms with Gasteiger partial charge < -0.3 is 0 Å². The molecule has 124 valence electrons. The van der Waals surface area contributed by atoms with Gasteiger partial charge in [0.1, 0.15) is 0 Å². The van der Waals surface area contributed by atoms with E-state index in [1.807, 2.05) is 22.9 Å². The first kappa shape index (κ1) is 16.1. The SMILES string of the molecule is CC(C)n1nccc1-c1cc(C2CCCN2S(C)(=O)=O)ccn1. The summed E-state index contributed by atoms with van der Waals surface area (Å²) in [5, 5.41) is 4.34. The van der Waals surface area contributed by atoms with Crippen LogP contribution in [0.1, 0.15) is 44.3 Å². The second-order valence-electron chi connectivity index (χ2n) is 6.26. The molecule has 6 nitrogen and oxygen atoms in total. The quantitative estimate of drug-likeness (QED) is 0.862. The molecule has 23 heavy (non-hydrogen) atoms. The number of aromatic nitrogens is 3. The molecule has 7 heteroatoms. The van der Waals surface area contributed by atoms with Gasteiger partial charge in [-0.3, -0.25) is 9.67 Å². The summed E-state index contributed by atoms with van der Waals surface area (Å²) in [6.07, 6.45) is 6.53. The van der Waals surface area contributed by atoms with Crippen molar-refractivity contribution in [1.29, 1.82) is 0 Å². The summed E-state index contributed by atoms with van der Waals surface area (Å²) < 4.78 is 27.5. The number of hydrogen-bond acceptors (Lipinski definition) is 4. The van der Waals surface area contributed by atoms with E-state index in [4.69, 9.17) is 0 Å².